The second-order valence-corrected chi connectivity index (χ2v) is 5.39. The van der Waals surface area contributed by atoms with Gasteiger partial charge in [-0.15, -0.1) is 24.8 Å². The summed E-state index contributed by atoms with van der Waals surface area (Å²) in [7, 11) is 0. The summed E-state index contributed by atoms with van der Waals surface area (Å²) in [5.41, 5.74) is 5.61. The molecule has 1 amide bonds. The molecule has 3 N–H and O–H groups in total. The van der Waals surface area contributed by atoms with Crippen LogP contribution in [-0.4, -0.2) is 43.0 Å². The molecule has 6 heteroatoms. The van der Waals surface area contributed by atoms with E-state index in [4.69, 9.17) is 5.73 Å². The van der Waals surface area contributed by atoms with E-state index in [1.807, 2.05) is 6.92 Å². The third-order valence-electron chi connectivity index (χ3n) is 3.45. The van der Waals surface area contributed by atoms with E-state index in [1.54, 1.807) is 0 Å². The van der Waals surface area contributed by atoms with Gasteiger partial charge in [0.1, 0.15) is 0 Å². The number of likely N-dealkylation sites (tertiary alicyclic amines) is 1. The van der Waals surface area contributed by atoms with Gasteiger partial charge in [0.25, 0.3) is 0 Å². The summed E-state index contributed by atoms with van der Waals surface area (Å²) in [6.45, 7) is 8.35. The molecule has 0 bridgehead atoms. The van der Waals surface area contributed by atoms with Crippen molar-refractivity contribution in [3.8, 4) is 0 Å². The first kappa shape index (κ1) is 21.3. The van der Waals surface area contributed by atoms with Crippen molar-refractivity contribution in [2.24, 2.45) is 11.7 Å². The molecule has 1 aliphatic rings. The molecule has 1 saturated heterocycles. The van der Waals surface area contributed by atoms with E-state index in [0.717, 1.165) is 25.4 Å². The number of hydrogen-bond donors (Lipinski definition) is 2. The number of rotatable bonds is 6. The van der Waals surface area contributed by atoms with Crippen LogP contribution in [0.1, 0.15) is 39.5 Å². The molecule has 0 aromatic rings. The van der Waals surface area contributed by atoms with Gasteiger partial charge < -0.3 is 16.0 Å². The molecule has 1 heterocycles. The Labute approximate surface area is 129 Å². The smallest absolute Gasteiger partial charge is 0.220 e. The van der Waals surface area contributed by atoms with E-state index in [2.05, 4.69) is 17.1 Å². The Hall–Kier alpha value is -0.0300. The highest BCUT2D eigenvalue weighted by molar-refractivity contribution is 5.85. The zero-order chi connectivity index (χ0) is 12.7. The average Bonchev–Trinajstić information content (AvgIpc) is 2.29. The second-order valence-electron chi connectivity index (χ2n) is 5.39. The minimum atomic E-state index is 0. The number of carbonyl (C=O) groups excluding carboxylic acids is 1. The third kappa shape index (κ3) is 10.4. The highest BCUT2D eigenvalue weighted by atomic mass is 35.5. The Balaban J connectivity index is 0. The Morgan fingerprint density at radius 3 is 2.47 bits per heavy atom. The normalized spacial score (nSPS) is 18.1. The van der Waals surface area contributed by atoms with Gasteiger partial charge in [0, 0.05) is 25.6 Å². The van der Waals surface area contributed by atoms with Gasteiger partial charge in [0.15, 0.2) is 0 Å². The van der Waals surface area contributed by atoms with Crippen molar-refractivity contribution in [3.05, 3.63) is 0 Å². The molecule has 0 aliphatic carbocycles. The lowest BCUT2D eigenvalue weighted by Gasteiger charge is -2.30. The quantitative estimate of drug-likeness (QED) is 0.786. The number of hydrogen-bond acceptors (Lipinski definition) is 3. The van der Waals surface area contributed by atoms with Crippen molar-refractivity contribution in [2.45, 2.75) is 45.6 Å². The number of nitrogens with zero attached hydrogens (tertiary/aromatic N) is 1. The van der Waals surface area contributed by atoms with Crippen LogP contribution in [0.5, 0.6) is 0 Å². The summed E-state index contributed by atoms with van der Waals surface area (Å²) in [4.78, 5) is 13.9. The fraction of sp³-hybridized carbons (Fsp3) is 0.923. The summed E-state index contributed by atoms with van der Waals surface area (Å²) in [6, 6.07) is 0.115. The van der Waals surface area contributed by atoms with E-state index < -0.39 is 0 Å². The Morgan fingerprint density at radius 1 is 1.37 bits per heavy atom. The predicted octanol–water partition coefficient (Wildman–Crippen LogP) is 1.81. The topological polar surface area (TPSA) is 58.4 Å². The fourth-order valence-electron chi connectivity index (χ4n) is 2.09. The molecule has 0 saturated carbocycles. The van der Waals surface area contributed by atoms with Crippen molar-refractivity contribution >= 4 is 30.7 Å². The standard InChI is InChI=1S/C13H27N3O.2ClH/c1-11-5-8-16(9-6-11)10-7-15-13(17)4-3-12(2)14;;/h11-12H,3-10,14H2,1-2H3,(H,15,17);2*1H. The van der Waals surface area contributed by atoms with Gasteiger partial charge in [-0.1, -0.05) is 6.92 Å². The number of piperidine rings is 1. The van der Waals surface area contributed by atoms with Gasteiger partial charge in [-0.2, -0.15) is 0 Å². The molecule has 0 aromatic heterocycles. The van der Waals surface area contributed by atoms with Gasteiger partial charge in [-0.25, -0.2) is 0 Å². The van der Waals surface area contributed by atoms with Gasteiger partial charge in [0.2, 0.25) is 5.91 Å². The minimum Gasteiger partial charge on any atom is -0.355 e. The number of nitrogens with two attached hydrogens (primary N) is 1. The lowest BCUT2D eigenvalue weighted by atomic mass is 9.99. The number of carbonyl (C=O) groups is 1. The summed E-state index contributed by atoms with van der Waals surface area (Å²) in [5, 5.41) is 2.96. The molecule has 0 spiro atoms. The second kappa shape index (κ2) is 11.8. The molecule has 1 unspecified atom stereocenters. The number of nitrogens with one attached hydrogen (secondary N) is 1. The summed E-state index contributed by atoms with van der Waals surface area (Å²) < 4.78 is 0. The average molecular weight is 314 g/mol. The minimum absolute atomic E-state index is 0. The third-order valence-corrected chi connectivity index (χ3v) is 3.45. The number of halogens is 2. The zero-order valence-corrected chi connectivity index (χ0v) is 13.7. The van der Waals surface area contributed by atoms with Crippen molar-refractivity contribution < 1.29 is 4.79 Å². The van der Waals surface area contributed by atoms with Crippen molar-refractivity contribution in [2.75, 3.05) is 26.2 Å². The molecular formula is C13H29Cl2N3O. The summed E-state index contributed by atoms with van der Waals surface area (Å²) in [5.74, 6) is 1.000. The Morgan fingerprint density at radius 2 is 1.95 bits per heavy atom. The van der Waals surface area contributed by atoms with E-state index in [1.165, 1.54) is 25.9 Å². The maximum Gasteiger partial charge on any atom is 0.220 e. The van der Waals surface area contributed by atoms with Gasteiger partial charge >= 0.3 is 0 Å². The molecule has 116 valence electrons. The van der Waals surface area contributed by atoms with Crippen LogP contribution in [0.25, 0.3) is 0 Å². The Kier molecular flexibility index (Phi) is 13.2. The van der Waals surface area contributed by atoms with Crippen LogP contribution >= 0.6 is 24.8 Å². The molecule has 1 aliphatic heterocycles. The first-order valence-electron chi connectivity index (χ1n) is 6.82. The van der Waals surface area contributed by atoms with Crippen LogP contribution in [0.4, 0.5) is 0 Å². The highest BCUT2D eigenvalue weighted by Gasteiger charge is 2.15. The summed E-state index contributed by atoms with van der Waals surface area (Å²) >= 11 is 0. The first-order chi connectivity index (χ1) is 8.08. The first-order valence-corrected chi connectivity index (χ1v) is 6.82. The van der Waals surface area contributed by atoms with Crippen LogP contribution < -0.4 is 11.1 Å². The SMILES string of the molecule is CC(N)CCC(=O)NCCN1CCC(C)CC1.Cl.Cl. The van der Waals surface area contributed by atoms with Gasteiger partial charge in [-0.05, 0) is 45.2 Å². The molecule has 0 radical (unpaired) electrons. The lowest BCUT2D eigenvalue weighted by Crippen LogP contribution is -2.39. The maximum absolute atomic E-state index is 11.5. The highest BCUT2D eigenvalue weighted by Crippen LogP contribution is 2.14. The van der Waals surface area contributed by atoms with Crippen molar-refractivity contribution in [1.29, 1.82) is 0 Å². The molecule has 4 nitrogen and oxygen atoms in total. The van der Waals surface area contributed by atoms with E-state index in [-0.39, 0.29) is 36.8 Å². The molecular weight excluding hydrogens is 285 g/mol. The van der Waals surface area contributed by atoms with Crippen molar-refractivity contribution in [3.63, 3.8) is 0 Å². The van der Waals surface area contributed by atoms with Crippen LogP contribution in [-0.2, 0) is 4.79 Å². The molecule has 1 fully saturated rings. The fourth-order valence-corrected chi connectivity index (χ4v) is 2.09. The van der Waals surface area contributed by atoms with E-state index >= 15 is 0 Å². The summed E-state index contributed by atoms with van der Waals surface area (Å²) in [6.07, 6.45) is 3.90. The van der Waals surface area contributed by atoms with Crippen LogP contribution in [0, 0.1) is 5.92 Å². The lowest BCUT2D eigenvalue weighted by molar-refractivity contribution is -0.121. The van der Waals surface area contributed by atoms with E-state index in [0.29, 0.717) is 6.42 Å². The van der Waals surface area contributed by atoms with Crippen LogP contribution in [0.15, 0.2) is 0 Å². The monoisotopic (exact) mass is 313 g/mol. The van der Waals surface area contributed by atoms with E-state index in [9.17, 15) is 4.79 Å². The van der Waals surface area contributed by atoms with Gasteiger partial charge in [0.05, 0.1) is 0 Å². The largest absolute Gasteiger partial charge is 0.355 e. The van der Waals surface area contributed by atoms with Crippen LogP contribution in [0.3, 0.4) is 0 Å². The van der Waals surface area contributed by atoms with Crippen molar-refractivity contribution in [1.82, 2.24) is 10.2 Å². The molecule has 1 atom stereocenters. The Bertz CT molecular complexity index is 232. The molecule has 19 heavy (non-hydrogen) atoms. The molecule has 1 rings (SSSR count). The predicted molar refractivity (Wildman–Crippen MR) is 85.2 cm³/mol. The van der Waals surface area contributed by atoms with Gasteiger partial charge in [-0.3, -0.25) is 4.79 Å². The van der Waals surface area contributed by atoms with Crippen LogP contribution in [0.2, 0.25) is 0 Å². The maximum atomic E-state index is 11.5. The molecule has 0 aromatic carbocycles. The zero-order valence-electron chi connectivity index (χ0n) is 12.1. The number of amides is 1.